The van der Waals surface area contributed by atoms with Gasteiger partial charge in [0.15, 0.2) is 11.0 Å². The molecule has 16 heavy (non-hydrogen) atoms. The van der Waals surface area contributed by atoms with E-state index in [2.05, 4.69) is 5.32 Å². The average Bonchev–Trinajstić information content (AvgIpc) is 2.73. The molecule has 0 saturated carbocycles. The summed E-state index contributed by atoms with van der Waals surface area (Å²) in [4.78, 5) is 11.8. The Bertz CT molecular complexity index is 352. The van der Waals surface area contributed by atoms with Crippen LogP contribution in [-0.4, -0.2) is 23.2 Å². The van der Waals surface area contributed by atoms with E-state index < -0.39 is 5.54 Å². The molecule has 0 saturated heterocycles. The molecule has 0 aromatic carbocycles. The Morgan fingerprint density at radius 2 is 2.06 bits per heavy atom. The zero-order valence-electron chi connectivity index (χ0n) is 8.73. The van der Waals surface area contributed by atoms with Gasteiger partial charge in [0.05, 0.1) is 5.54 Å². The van der Waals surface area contributed by atoms with Crippen LogP contribution in [0.3, 0.4) is 0 Å². The molecule has 0 radical (unpaired) electrons. The van der Waals surface area contributed by atoms with Crippen molar-refractivity contribution < 1.29 is 9.21 Å². The summed E-state index contributed by atoms with van der Waals surface area (Å²) in [5, 5.41) is 2.92. The van der Waals surface area contributed by atoms with Crippen LogP contribution in [0, 0.1) is 0 Å². The number of amides is 1. The standard InChI is InChI=1S/C10H12Cl3NO2/c1-2-10(5-11,6-12)14-9(15)7-3-4-8(13)16-7/h3-4H,2,5-6H2,1H3,(H,14,15). The number of hydrogen-bond acceptors (Lipinski definition) is 2. The topological polar surface area (TPSA) is 42.2 Å². The molecule has 0 fully saturated rings. The molecule has 0 atom stereocenters. The molecule has 0 aliphatic rings. The van der Waals surface area contributed by atoms with Gasteiger partial charge >= 0.3 is 0 Å². The fourth-order valence-corrected chi connectivity index (χ4v) is 2.06. The third kappa shape index (κ3) is 3.06. The fraction of sp³-hybridized carbons (Fsp3) is 0.500. The lowest BCUT2D eigenvalue weighted by molar-refractivity contribution is 0.0885. The summed E-state index contributed by atoms with van der Waals surface area (Å²) in [6.45, 7) is 1.90. The third-order valence-corrected chi connectivity index (χ3v) is 3.59. The van der Waals surface area contributed by atoms with Gasteiger partial charge in [0.2, 0.25) is 0 Å². The van der Waals surface area contributed by atoms with Crippen molar-refractivity contribution in [2.45, 2.75) is 18.9 Å². The maximum atomic E-state index is 11.8. The van der Waals surface area contributed by atoms with Crippen molar-refractivity contribution in [1.29, 1.82) is 0 Å². The Kier molecular flexibility index (Phi) is 4.96. The van der Waals surface area contributed by atoms with Crippen LogP contribution < -0.4 is 5.32 Å². The van der Waals surface area contributed by atoms with Crippen LogP contribution in [0.2, 0.25) is 5.22 Å². The number of nitrogens with one attached hydrogen (secondary N) is 1. The molecule has 0 aliphatic heterocycles. The number of carbonyl (C=O) groups excluding carboxylic acids is 1. The van der Waals surface area contributed by atoms with Gasteiger partial charge in [-0.3, -0.25) is 4.79 Å². The van der Waals surface area contributed by atoms with Gasteiger partial charge in [-0.15, -0.1) is 23.2 Å². The first kappa shape index (κ1) is 13.7. The number of carbonyl (C=O) groups is 1. The minimum atomic E-state index is -0.612. The first-order valence-corrected chi connectivity index (χ1v) is 6.21. The lowest BCUT2D eigenvalue weighted by atomic mass is 10.0. The largest absolute Gasteiger partial charge is 0.440 e. The van der Waals surface area contributed by atoms with E-state index in [4.69, 9.17) is 39.2 Å². The highest BCUT2D eigenvalue weighted by Crippen LogP contribution is 2.18. The Morgan fingerprint density at radius 1 is 1.44 bits per heavy atom. The van der Waals surface area contributed by atoms with E-state index in [0.717, 1.165) is 0 Å². The molecular weight excluding hydrogens is 272 g/mol. The van der Waals surface area contributed by atoms with Gasteiger partial charge in [-0.25, -0.2) is 0 Å². The lowest BCUT2D eigenvalue weighted by Gasteiger charge is -2.28. The highest BCUT2D eigenvalue weighted by atomic mass is 35.5. The van der Waals surface area contributed by atoms with Crippen LogP contribution >= 0.6 is 34.8 Å². The van der Waals surface area contributed by atoms with Crippen LogP contribution in [0.25, 0.3) is 0 Å². The van der Waals surface area contributed by atoms with Crippen LogP contribution in [0.1, 0.15) is 23.9 Å². The highest BCUT2D eigenvalue weighted by Gasteiger charge is 2.29. The molecule has 1 N–H and O–H groups in total. The van der Waals surface area contributed by atoms with E-state index in [1.807, 2.05) is 6.92 Å². The molecule has 90 valence electrons. The summed E-state index contributed by atoms with van der Waals surface area (Å²) in [6, 6.07) is 3.01. The van der Waals surface area contributed by atoms with Crippen LogP contribution in [0.5, 0.6) is 0 Å². The second-order valence-corrected chi connectivity index (χ2v) is 4.37. The summed E-state index contributed by atoms with van der Waals surface area (Å²) >= 11 is 17.2. The molecule has 1 heterocycles. The number of furan rings is 1. The molecule has 3 nitrogen and oxygen atoms in total. The molecular formula is C10H12Cl3NO2. The number of alkyl halides is 2. The maximum Gasteiger partial charge on any atom is 0.287 e. The summed E-state index contributed by atoms with van der Waals surface area (Å²) in [7, 11) is 0. The van der Waals surface area contributed by atoms with Gasteiger partial charge in [-0.1, -0.05) is 6.92 Å². The van der Waals surface area contributed by atoms with Crippen LogP contribution in [-0.2, 0) is 0 Å². The molecule has 1 rings (SSSR count). The Labute approximate surface area is 109 Å². The summed E-state index contributed by atoms with van der Waals surface area (Å²) in [5.41, 5.74) is -0.612. The number of halogens is 3. The minimum Gasteiger partial charge on any atom is -0.440 e. The van der Waals surface area contributed by atoms with Crippen molar-refractivity contribution in [2.75, 3.05) is 11.8 Å². The van der Waals surface area contributed by atoms with Crippen molar-refractivity contribution in [3.63, 3.8) is 0 Å². The second kappa shape index (κ2) is 5.80. The zero-order valence-corrected chi connectivity index (χ0v) is 11.0. The maximum absolute atomic E-state index is 11.8. The first-order valence-electron chi connectivity index (χ1n) is 4.76. The van der Waals surface area contributed by atoms with Crippen molar-refractivity contribution in [1.82, 2.24) is 5.32 Å². The van der Waals surface area contributed by atoms with E-state index in [1.54, 1.807) is 0 Å². The lowest BCUT2D eigenvalue weighted by Crippen LogP contribution is -2.51. The van der Waals surface area contributed by atoms with Crippen LogP contribution in [0.15, 0.2) is 16.5 Å². The molecule has 0 bridgehead atoms. The van der Waals surface area contributed by atoms with Gasteiger partial charge in [-0.2, -0.15) is 0 Å². The molecule has 6 heteroatoms. The molecule has 0 unspecified atom stereocenters. The van der Waals surface area contributed by atoms with Gasteiger partial charge < -0.3 is 9.73 Å². The first-order chi connectivity index (χ1) is 7.56. The predicted octanol–water partition coefficient (Wildman–Crippen LogP) is 3.29. The minimum absolute atomic E-state index is 0.151. The van der Waals surface area contributed by atoms with Crippen molar-refractivity contribution in [3.8, 4) is 0 Å². The molecule has 0 spiro atoms. The van der Waals surface area contributed by atoms with E-state index in [0.29, 0.717) is 6.42 Å². The van der Waals surface area contributed by atoms with Gasteiger partial charge in [-0.05, 0) is 30.2 Å². The summed E-state index contributed by atoms with van der Waals surface area (Å²) < 4.78 is 4.99. The highest BCUT2D eigenvalue weighted by molar-refractivity contribution is 6.29. The van der Waals surface area contributed by atoms with Crippen molar-refractivity contribution in [2.24, 2.45) is 0 Å². The monoisotopic (exact) mass is 283 g/mol. The smallest absolute Gasteiger partial charge is 0.287 e. The van der Waals surface area contributed by atoms with E-state index >= 15 is 0 Å². The quantitative estimate of drug-likeness (QED) is 0.843. The molecule has 1 amide bonds. The van der Waals surface area contributed by atoms with Crippen molar-refractivity contribution in [3.05, 3.63) is 23.1 Å². The average molecular weight is 285 g/mol. The predicted molar refractivity (Wildman–Crippen MR) is 65.6 cm³/mol. The van der Waals surface area contributed by atoms with Gasteiger partial charge in [0.1, 0.15) is 0 Å². The number of rotatable bonds is 5. The fourth-order valence-electron chi connectivity index (χ4n) is 1.12. The third-order valence-electron chi connectivity index (χ3n) is 2.36. The van der Waals surface area contributed by atoms with E-state index in [-0.39, 0.29) is 28.6 Å². The van der Waals surface area contributed by atoms with Gasteiger partial charge in [0.25, 0.3) is 5.91 Å². The normalized spacial score (nSPS) is 11.5. The summed E-state index contributed by atoms with van der Waals surface area (Å²) in [6.07, 6.45) is 0.639. The molecule has 1 aromatic rings. The SMILES string of the molecule is CCC(CCl)(CCl)NC(=O)c1ccc(Cl)o1. The Hall–Kier alpha value is -0.380. The molecule has 1 aromatic heterocycles. The van der Waals surface area contributed by atoms with Crippen molar-refractivity contribution >= 4 is 40.7 Å². The van der Waals surface area contributed by atoms with Crippen LogP contribution in [0.4, 0.5) is 0 Å². The second-order valence-electron chi connectivity index (χ2n) is 3.46. The van der Waals surface area contributed by atoms with E-state index in [9.17, 15) is 4.79 Å². The Morgan fingerprint density at radius 3 is 2.44 bits per heavy atom. The molecule has 0 aliphatic carbocycles. The zero-order chi connectivity index (χ0) is 12.2. The van der Waals surface area contributed by atoms with E-state index in [1.165, 1.54) is 12.1 Å². The summed E-state index contributed by atoms with van der Waals surface area (Å²) in [5.74, 6) is 0.272. The Balaban J connectivity index is 2.76. The number of hydrogen-bond donors (Lipinski definition) is 1. The van der Waals surface area contributed by atoms with Gasteiger partial charge in [0, 0.05) is 11.8 Å².